The minimum atomic E-state index is -0.520. The minimum absolute atomic E-state index is 0.520. The SMILES string of the molecule is CCCn1cncc1C(O)Cc1cccnc1. The molecule has 2 aromatic rings. The second-order valence-corrected chi connectivity index (χ2v) is 4.09. The zero-order valence-corrected chi connectivity index (χ0v) is 9.95. The van der Waals surface area contributed by atoms with Crippen LogP contribution in [0.2, 0.25) is 0 Å². The van der Waals surface area contributed by atoms with E-state index in [0.29, 0.717) is 6.42 Å². The lowest BCUT2D eigenvalue weighted by Gasteiger charge is -2.13. The Balaban J connectivity index is 2.09. The normalized spacial score (nSPS) is 12.6. The molecule has 2 aromatic heterocycles. The average molecular weight is 231 g/mol. The van der Waals surface area contributed by atoms with E-state index in [1.807, 2.05) is 16.7 Å². The molecule has 0 bridgehead atoms. The number of hydrogen-bond acceptors (Lipinski definition) is 3. The molecule has 0 saturated heterocycles. The zero-order chi connectivity index (χ0) is 12.1. The Morgan fingerprint density at radius 3 is 2.94 bits per heavy atom. The van der Waals surface area contributed by atoms with Gasteiger partial charge in [0.1, 0.15) is 0 Å². The van der Waals surface area contributed by atoms with Gasteiger partial charge in [0.2, 0.25) is 0 Å². The average Bonchev–Trinajstić information content (AvgIpc) is 2.79. The van der Waals surface area contributed by atoms with Gasteiger partial charge in [-0.15, -0.1) is 0 Å². The van der Waals surface area contributed by atoms with Crippen molar-refractivity contribution < 1.29 is 5.11 Å². The largest absolute Gasteiger partial charge is 0.386 e. The Bertz CT molecular complexity index is 453. The Morgan fingerprint density at radius 2 is 2.24 bits per heavy atom. The van der Waals surface area contributed by atoms with E-state index in [9.17, 15) is 5.11 Å². The van der Waals surface area contributed by atoms with Crippen LogP contribution in [0, 0.1) is 0 Å². The molecule has 0 fully saturated rings. The number of pyridine rings is 1. The van der Waals surface area contributed by atoms with Crippen molar-refractivity contribution in [3.05, 3.63) is 48.3 Å². The maximum absolute atomic E-state index is 10.2. The van der Waals surface area contributed by atoms with Crippen LogP contribution < -0.4 is 0 Å². The van der Waals surface area contributed by atoms with Crippen molar-refractivity contribution in [1.29, 1.82) is 0 Å². The van der Waals surface area contributed by atoms with Crippen LogP contribution in [0.4, 0.5) is 0 Å². The Hall–Kier alpha value is -1.68. The Labute approximate surface area is 101 Å². The second-order valence-electron chi connectivity index (χ2n) is 4.09. The van der Waals surface area contributed by atoms with E-state index in [0.717, 1.165) is 24.2 Å². The summed E-state index contributed by atoms with van der Waals surface area (Å²) in [5.41, 5.74) is 1.90. The molecule has 4 heteroatoms. The van der Waals surface area contributed by atoms with Crippen LogP contribution in [0.1, 0.15) is 30.7 Å². The van der Waals surface area contributed by atoms with Crippen LogP contribution in [0.15, 0.2) is 37.1 Å². The molecule has 4 nitrogen and oxygen atoms in total. The number of aliphatic hydroxyl groups is 1. The van der Waals surface area contributed by atoms with E-state index in [1.165, 1.54) is 0 Å². The van der Waals surface area contributed by atoms with Gasteiger partial charge in [-0.1, -0.05) is 13.0 Å². The van der Waals surface area contributed by atoms with Gasteiger partial charge in [0.25, 0.3) is 0 Å². The first-order valence-corrected chi connectivity index (χ1v) is 5.88. The number of aliphatic hydroxyl groups excluding tert-OH is 1. The number of rotatable bonds is 5. The lowest BCUT2D eigenvalue weighted by Crippen LogP contribution is -2.09. The van der Waals surface area contributed by atoms with E-state index in [1.54, 1.807) is 24.9 Å². The van der Waals surface area contributed by atoms with Crippen LogP contribution in [0.3, 0.4) is 0 Å². The number of imidazole rings is 1. The molecule has 17 heavy (non-hydrogen) atoms. The molecule has 0 amide bonds. The number of hydrogen-bond donors (Lipinski definition) is 1. The summed E-state index contributed by atoms with van der Waals surface area (Å²) in [5, 5.41) is 10.2. The third-order valence-electron chi connectivity index (χ3n) is 2.70. The van der Waals surface area contributed by atoms with Gasteiger partial charge in [0, 0.05) is 25.4 Å². The van der Waals surface area contributed by atoms with Gasteiger partial charge in [-0.2, -0.15) is 0 Å². The van der Waals surface area contributed by atoms with Gasteiger partial charge in [0.05, 0.1) is 24.3 Å². The predicted octanol–water partition coefficient (Wildman–Crippen LogP) is 1.96. The summed E-state index contributed by atoms with van der Waals surface area (Å²) in [6.45, 7) is 3.00. The fourth-order valence-corrected chi connectivity index (χ4v) is 1.88. The van der Waals surface area contributed by atoms with Crippen molar-refractivity contribution >= 4 is 0 Å². The van der Waals surface area contributed by atoms with Crippen LogP contribution in [0.5, 0.6) is 0 Å². The summed E-state index contributed by atoms with van der Waals surface area (Å²) >= 11 is 0. The van der Waals surface area contributed by atoms with Gasteiger partial charge in [-0.05, 0) is 18.1 Å². The van der Waals surface area contributed by atoms with Gasteiger partial charge in [-0.3, -0.25) is 4.98 Å². The van der Waals surface area contributed by atoms with Crippen molar-refractivity contribution in [3.63, 3.8) is 0 Å². The Morgan fingerprint density at radius 1 is 1.35 bits per heavy atom. The van der Waals surface area contributed by atoms with Crippen molar-refractivity contribution in [2.45, 2.75) is 32.4 Å². The highest BCUT2D eigenvalue weighted by molar-refractivity contribution is 5.13. The molecule has 1 unspecified atom stereocenters. The molecular formula is C13H17N3O. The van der Waals surface area contributed by atoms with Crippen molar-refractivity contribution in [2.24, 2.45) is 0 Å². The first-order valence-electron chi connectivity index (χ1n) is 5.88. The third kappa shape index (κ3) is 2.91. The molecule has 0 radical (unpaired) electrons. The molecule has 1 atom stereocenters. The first-order chi connectivity index (χ1) is 8.31. The van der Waals surface area contributed by atoms with Crippen molar-refractivity contribution in [1.82, 2.24) is 14.5 Å². The molecule has 90 valence electrons. The second kappa shape index (κ2) is 5.59. The van der Waals surface area contributed by atoms with Gasteiger partial charge in [0.15, 0.2) is 0 Å². The summed E-state index contributed by atoms with van der Waals surface area (Å²) in [5.74, 6) is 0. The molecule has 2 rings (SSSR count). The molecule has 0 aliphatic rings. The minimum Gasteiger partial charge on any atom is -0.386 e. The zero-order valence-electron chi connectivity index (χ0n) is 9.95. The van der Waals surface area contributed by atoms with Crippen LogP contribution >= 0.6 is 0 Å². The van der Waals surface area contributed by atoms with E-state index in [2.05, 4.69) is 16.9 Å². The van der Waals surface area contributed by atoms with E-state index in [4.69, 9.17) is 0 Å². The summed E-state index contributed by atoms with van der Waals surface area (Å²) in [6.07, 6.45) is 8.10. The maximum atomic E-state index is 10.2. The topological polar surface area (TPSA) is 50.9 Å². The highest BCUT2D eigenvalue weighted by Crippen LogP contribution is 2.17. The van der Waals surface area contributed by atoms with Crippen molar-refractivity contribution in [2.75, 3.05) is 0 Å². The smallest absolute Gasteiger partial charge is 0.0996 e. The number of aromatic nitrogens is 3. The van der Waals surface area contributed by atoms with E-state index < -0.39 is 6.10 Å². The van der Waals surface area contributed by atoms with Crippen LogP contribution in [0.25, 0.3) is 0 Å². The molecule has 0 spiro atoms. The summed E-state index contributed by atoms with van der Waals surface area (Å²) in [4.78, 5) is 8.14. The molecule has 0 aromatic carbocycles. The monoisotopic (exact) mass is 231 g/mol. The van der Waals surface area contributed by atoms with Crippen LogP contribution in [-0.4, -0.2) is 19.6 Å². The quantitative estimate of drug-likeness (QED) is 0.855. The summed E-state index contributed by atoms with van der Waals surface area (Å²) in [7, 11) is 0. The van der Waals surface area contributed by atoms with E-state index in [-0.39, 0.29) is 0 Å². The third-order valence-corrected chi connectivity index (χ3v) is 2.70. The van der Waals surface area contributed by atoms with Crippen LogP contribution in [-0.2, 0) is 13.0 Å². The van der Waals surface area contributed by atoms with Gasteiger partial charge < -0.3 is 9.67 Å². The molecular weight excluding hydrogens is 214 g/mol. The number of aryl methyl sites for hydroxylation is 1. The fourth-order valence-electron chi connectivity index (χ4n) is 1.88. The highest BCUT2D eigenvalue weighted by atomic mass is 16.3. The summed E-state index contributed by atoms with van der Waals surface area (Å²) < 4.78 is 2.00. The molecule has 2 heterocycles. The lowest BCUT2D eigenvalue weighted by atomic mass is 10.1. The maximum Gasteiger partial charge on any atom is 0.0996 e. The standard InChI is InChI=1S/C13H17N3O/c1-2-6-16-10-15-9-12(16)13(17)7-11-4-3-5-14-8-11/h3-5,8-10,13,17H,2,6-7H2,1H3. The lowest BCUT2D eigenvalue weighted by molar-refractivity contribution is 0.168. The van der Waals surface area contributed by atoms with Gasteiger partial charge in [-0.25, -0.2) is 4.98 Å². The number of nitrogens with zero attached hydrogens (tertiary/aromatic N) is 3. The highest BCUT2D eigenvalue weighted by Gasteiger charge is 2.13. The van der Waals surface area contributed by atoms with Gasteiger partial charge >= 0.3 is 0 Å². The van der Waals surface area contributed by atoms with E-state index >= 15 is 0 Å². The summed E-state index contributed by atoms with van der Waals surface area (Å²) in [6, 6.07) is 3.85. The van der Waals surface area contributed by atoms with Crippen molar-refractivity contribution in [3.8, 4) is 0 Å². The molecule has 1 N–H and O–H groups in total. The first kappa shape index (κ1) is 11.8. The molecule has 0 aliphatic heterocycles. The molecule has 0 aliphatic carbocycles. The Kier molecular flexibility index (Phi) is 3.88. The predicted molar refractivity (Wildman–Crippen MR) is 65.4 cm³/mol. The fraction of sp³-hybridized carbons (Fsp3) is 0.385. The molecule has 0 saturated carbocycles.